The second-order valence-electron chi connectivity index (χ2n) is 5.80. The first kappa shape index (κ1) is 13.8. The third kappa shape index (κ3) is 2.33. The lowest BCUT2D eigenvalue weighted by Gasteiger charge is -2.12. The van der Waals surface area contributed by atoms with Crippen molar-refractivity contribution in [2.24, 2.45) is 0 Å². The van der Waals surface area contributed by atoms with Gasteiger partial charge in [-0.05, 0) is 45.7 Å². The van der Waals surface area contributed by atoms with Crippen LogP contribution in [0.2, 0.25) is 0 Å². The van der Waals surface area contributed by atoms with Crippen molar-refractivity contribution in [3.05, 3.63) is 29.1 Å². The second kappa shape index (κ2) is 4.98. The largest absolute Gasteiger partial charge is 0.368 e. The van der Waals surface area contributed by atoms with Gasteiger partial charge in [0, 0.05) is 23.5 Å². The first-order chi connectivity index (χ1) is 9.99. The highest BCUT2D eigenvalue weighted by Crippen LogP contribution is 2.25. The zero-order valence-electron chi connectivity index (χ0n) is 13.2. The van der Waals surface area contributed by atoms with Crippen molar-refractivity contribution in [3.8, 4) is 0 Å². The number of hydrogen-bond acceptors (Lipinski definition) is 4. The van der Waals surface area contributed by atoms with Crippen molar-refractivity contribution in [1.29, 1.82) is 0 Å². The Labute approximate surface area is 124 Å². The molecule has 0 amide bonds. The molecule has 0 saturated heterocycles. The molecule has 0 saturated carbocycles. The summed E-state index contributed by atoms with van der Waals surface area (Å²) in [5, 5.41) is 9.14. The van der Waals surface area contributed by atoms with Crippen molar-refractivity contribution in [2.45, 2.75) is 47.1 Å². The molecule has 0 unspecified atom stereocenters. The lowest BCUT2D eigenvalue weighted by molar-refractivity contribution is 0.846. The van der Waals surface area contributed by atoms with Gasteiger partial charge in [-0.25, -0.2) is 9.97 Å². The smallest absolute Gasteiger partial charge is 0.184 e. The Morgan fingerprint density at radius 3 is 2.62 bits per heavy atom. The molecule has 0 radical (unpaired) electrons. The van der Waals surface area contributed by atoms with Crippen LogP contribution in [0, 0.1) is 13.8 Å². The minimum Gasteiger partial charge on any atom is -0.368 e. The molecule has 0 atom stereocenters. The Kier molecular flexibility index (Phi) is 3.27. The Hall–Kier alpha value is -2.17. The van der Waals surface area contributed by atoms with Crippen LogP contribution in [0.5, 0.6) is 0 Å². The lowest BCUT2D eigenvalue weighted by Crippen LogP contribution is -2.14. The molecule has 5 nitrogen and oxygen atoms in total. The van der Waals surface area contributed by atoms with Crippen LogP contribution in [0.15, 0.2) is 12.1 Å². The number of nitrogens with zero attached hydrogens (tertiary/aromatic N) is 4. The van der Waals surface area contributed by atoms with E-state index in [2.05, 4.69) is 55.2 Å². The van der Waals surface area contributed by atoms with Crippen LogP contribution in [-0.2, 0) is 6.42 Å². The van der Waals surface area contributed by atoms with Gasteiger partial charge in [0.05, 0.1) is 5.39 Å². The summed E-state index contributed by atoms with van der Waals surface area (Å²) >= 11 is 0. The molecule has 3 aromatic rings. The third-order valence-electron chi connectivity index (χ3n) is 3.52. The third-order valence-corrected chi connectivity index (χ3v) is 3.52. The summed E-state index contributed by atoms with van der Waals surface area (Å²) in [4.78, 5) is 9.31. The number of nitrogens with one attached hydrogen (secondary N) is 1. The van der Waals surface area contributed by atoms with Crippen molar-refractivity contribution in [2.75, 3.05) is 5.32 Å². The van der Waals surface area contributed by atoms with E-state index < -0.39 is 0 Å². The van der Waals surface area contributed by atoms with E-state index in [9.17, 15) is 0 Å². The average Bonchev–Trinajstić information content (AvgIpc) is 2.76. The van der Waals surface area contributed by atoms with Gasteiger partial charge in [0.15, 0.2) is 11.3 Å². The summed E-state index contributed by atoms with van der Waals surface area (Å²) in [6.45, 7) is 10.4. The number of pyridine rings is 1. The van der Waals surface area contributed by atoms with Crippen molar-refractivity contribution >= 4 is 22.5 Å². The fraction of sp³-hybridized carbons (Fsp3) is 0.438. The molecule has 0 spiro atoms. The molecule has 110 valence electrons. The van der Waals surface area contributed by atoms with E-state index in [4.69, 9.17) is 4.98 Å². The fourth-order valence-electron chi connectivity index (χ4n) is 2.65. The predicted molar refractivity (Wildman–Crippen MR) is 85.9 cm³/mol. The highest BCUT2D eigenvalue weighted by Gasteiger charge is 2.15. The van der Waals surface area contributed by atoms with E-state index in [1.165, 1.54) is 5.56 Å². The lowest BCUT2D eigenvalue weighted by atomic mass is 10.2. The SMILES string of the molecule is CCc1cc(NC(C)C)n2nc3nc(C)cc(C)c3c2n1. The van der Waals surface area contributed by atoms with Crippen LogP contribution in [0.1, 0.15) is 37.7 Å². The quantitative estimate of drug-likeness (QED) is 0.801. The van der Waals surface area contributed by atoms with Crippen LogP contribution in [0.3, 0.4) is 0 Å². The standard InChI is InChI=1S/C16H21N5/c1-6-12-8-13(17-9(2)3)21-16(19-12)14-10(4)7-11(5)18-15(14)20-21/h7-9,17H,6H2,1-5H3. The highest BCUT2D eigenvalue weighted by molar-refractivity contribution is 5.93. The van der Waals surface area contributed by atoms with Crippen molar-refractivity contribution < 1.29 is 0 Å². The van der Waals surface area contributed by atoms with Crippen LogP contribution >= 0.6 is 0 Å². The molecule has 0 bridgehead atoms. The van der Waals surface area contributed by atoms with Gasteiger partial charge in [0.25, 0.3) is 0 Å². The normalized spacial score (nSPS) is 11.7. The summed E-state index contributed by atoms with van der Waals surface area (Å²) in [6.07, 6.45) is 0.897. The molecule has 3 aromatic heterocycles. The summed E-state index contributed by atoms with van der Waals surface area (Å²) in [5.74, 6) is 0.974. The van der Waals surface area contributed by atoms with E-state index in [0.717, 1.165) is 40.3 Å². The number of fused-ring (bicyclic) bond motifs is 3. The average molecular weight is 283 g/mol. The number of anilines is 1. The van der Waals surface area contributed by atoms with Crippen molar-refractivity contribution in [3.63, 3.8) is 0 Å². The van der Waals surface area contributed by atoms with E-state index in [1.54, 1.807) is 0 Å². The van der Waals surface area contributed by atoms with Gasteiger partial charge < -0.3 is 5.32 Å². The second-order valence-corrected chi connectivity index (χ2v) is 5.80. The first-order valence-electron chi connectivity index (χ1n) is 7.42. The summed E-state index contributed by atoms with van der Waals surface area (Å²) < 4.78 is 1.88. The number of rotatable bonds is 3. The van der Waals surface area contributed by atoms with Gasteiger partial charge in [-0.15, -0.1) is 5.10 Å². The van der Waals surface area contributed by atoms with E-state index >= 15 is 0 Å². The van der Waals surface area contributed by atoms with E-state index in [1.807, 2.05) is 11.4 Å². The zero-order valence-corrected chi connectivity index (χ0v) is 13.2. The summed E-state index contributed by atoms with van der Waals surface area (Å²) in [6, 6.07) is 4.49. The molecule has 0 aromatic carbocycles. The molecule has 3 heterocycles. The summed E-state index contributed by atoms with van der Waals surface area (Å²) in [5.41, 5.74) is 4.87. The minimum atomic E-state index is 0.336. The minimum absolute atomic E-state index is 0.336. The molecule has 5 heteroatoms. The van der Waals surface area contributed by atoms with Crippen LogP contribution < -0.4 is 5.32 Å². The van der Waals surface area contributed by atoms with E-state index in [-0.39, 0.29) is 0 Å². The maximum atomic E-state index is 4.76. The predicted octanol–water partition coefficient (Wildman–Crippen LogP) is 3.28. The molecule has 21 heavy (non-hydrogen) atoms. The van der Waals surface area contributed by atoms with Gasteiger partial charge in [-0.1, -0.05) is 6.92 Å². The molecular formula is C16H21N5. The van der Waals surface area contributed by atoms with Gasteiger partial charge in [0.1, 0.15) is 5.82 Å². The van der Waals surface area contributed by atoms with E-state index in [0.29, 0.717) is 6.04 Å². The zero-order chi connectivity index (χ0) is 15.1. The fourth-order valence-corrected chi connectivity index (χ4v) is 2.65. The van der Waals surface area contributed by atoms with Crippen LogP contribution in [-0.4, -0.2) is 25.6 Å². The van der Waals surface area contributed by atoms with Gasteiger partial charge in [-0.3, -0.25) is 0 Å². The monoisotopic (exact) mass is 283 g/mol. The molecule has 3 rings (SSSR count). The van der Waals surface area contributed by atoms with Crippen molar-refractivity contribution in [1.82, 2.24) is 19.6 Å². The first-order valence-corrected chi connectivity index (χ1v) is 7.42. The topological polar surface area (TPSA) is 55.1 Å². The van der Waals surface area contributed by atoms with Gasteiger partial charge in [0.2, 0.25) is 0 Å². The number of aromatic nitrogens is 4. The number of hydrogen-bond donors (Lipinski definition) is 1. The Balaban J connectivity index is 2.40. The Bertz CT molecular complexity index is 816. The molecule has 0 fully saturated rings. The maximum absolute atomic E-state index is 4.76. The Morgan fingerprint density at radius 1 is 1.19 bits per heavy atom. The molecule has 0 aliphatic carbocycles. The highest BCUT2D eigenvalue weighted by atomic mass is 15.3. The number of aryl methyl sites for hydroxylation is 3. The molecule has 0 aliphatic rings. The molecule has 0 aliphatic heterocycles. The maximum Gasteiger partial charge on any atom is 0.184 e. The van der Waals surface area contributed by atoms with Gasteiger partial charge in [-0.2, -0.15) is 4.52 Å². The van der Waals surface area contributed by atoms with Crippen LogP contribution in [0.25, 0.3) is 16.7 Å². The Morgan fingerprint density at radius 2 is 1.95 bits per heavy atom. The summed E-state index contributed by atoms with van der Waals surface area (Å²) in [7, 11) is 0. The van der Waals surface area contributed by atoms with Gasteiger partial charge >= 0.3 is 0 Å². The van der Waals surface area contributed by atoms with Crippen LogP contribution in [0.4, 0.5) is 5.82 Å². The molecular weight excluding hydrogens is 262 g/mol. The molecule has 1 N–H and O–H groups in total.